The average molecular weight is 357 g/mol. The zero-order valence-electron chi connectivity index (χ0n) is 15.5. The van der Waals surface area contributed by atoms with Crippen molar-refractivity contribution in [2.75, 3.05) is 43.9 Å². The van der Waals surface area contributed by atoms with Gasteiger partial charge in [0.2, 0.25) is 5.95 Å². The molecule has 0 bridgehead atoms. The molecule has 1 aromatic carbocycles. The van der Waals surface area contributed by atoms with Gasteiger partial charge < -0.3 is 15.8 Å². The van der Waals surface area contributed by atoms with Crippen molar-refractivity contribution in [3.63, 3.8) is 0 Å². The molecule has 0 atom stereocenters. The van der Waals surface area contributed by atoms with Gasteiger partial charge in [0.05, 0.1) is 13.2 Å². The van der Waals surface area contributed by atoms with Crippen LogP contribution in [0.1, 0.15) is 18.1 Å². The summed E-state index contributed by atoms with van der Waals surface area (Å²) < 4.78 is 6.86. The predicted molar refractivity (Wildman–Crippen MR) is 104 cm³/mol. The number of anilines is 3. The van der Waals surface area contributed by atoms with Crippen LogP contribution < -0.4 is 16.6 Å². The lowest BCUT2D eigenvalue weighted by molar-refractivity contribution is 0.0363. The largest absolute Gasteiger partial charge is 0.379 e. The number of nitrogens with zero attached hydrogens (tertiary/aromatic N) is 3. The molecule has 0 saturated carbocycles. The highest BCUT2D eigenvalue weighted by atomic mass is 16.5. The minimum Gasteiger partial charge on any atom is -0.379 e. The number of nitrogen functional groups attached to an aromatic ring is 1. The Kier molecular flexibility index (Phi) is 5.90. The van der Waals surface area contributed by atoms with Crippen LogP contribution in [0.15, 0.2) is 29.1 Å². The molecule has 2 heterocycles. The Morgan fingerprint density at radius 2 is 2.00 bits per heavy atom. The zero-order chi connectivity index (χ0) is 18.5. The van der Waals surface area contributed by atoms with Crippen LogP contribution in [0.5, 0.6) is 0 Å². The van der Waals surface area contributed by atoms with E-state index in [1.54, 1.807) is 0 Å². The molecule has 0 unspecified atom stereocenters. The van der Waals surface area contributed by atoms with Crippen LogP contribution in [0.3, 0.4) is 0 Å². The number of nitrogens with two attached hydrogens (primary N) is 1. The molecule has 2 aromatic rings. The van der Waals surface area contributed by atoms with E-state index in [9.17, 15) is 4.79 Å². The Bertz CT molecular complexity index is 812. The number of benzene rings is 1. The lowest BCUT2D eigenvalue weighted by Crippen LogP contribution is -2.39. The van der Waals surface area contributed by atoms with Crippen LogP contribution in [0.25, 0.3) is 0 Å². The minimum absolute atomic E-state index is 0.143. The molecule has 0 aliphatic carbocycles. The first-order valence-electron chi connectivity index (χ1n) is 9.11. The number of nitrogens with one attached hydrogen (secondary N) is 1. The van der Waals surface area contributed by atoms with Crippen LogP contribution in [0.4, 0.5) is 17.5 Å². The Hall–Kier alpha value is -2.38. The van der Waals surface area contributed by atoms with Gasteiger partial charge in [-0.1, -0.05) is 13.0 Å². The number of aryl methyl sites for hydroxylation is 2. The summed E-state index contributed by atoms with van der Waals surface area (Å²) in [6, 6.07) is 7.63. The van der Waals surface area contributed by atoms with E-state index >= 15 is 0 Å². The molecule has 1 fully saturated rings. The summed E-state index contributed by atoms with van der Waals surface area (Å²) in [6.07, 6.45) is 0.958. The zero-order valence-corrected chi connectivity index (χ0v) is 15.5. The smallest absolute Gasteiger partial charge is 0.257 e. The third-order valence-corrected chi connectivity index (χ3v) is 4.78. The van der Waals surface area contributed by atoms with Crippen molar-refractivity contribution >= 4 is 17.5 Å². The minimum atomic E-state index is -0.143. The van der Waals surface area contributed by atoms with Gasteiger partial charge in [-0.3, -0.25) is 14.3 Å². The van der Waals surface area contributed by atoms with E-state index in [2.05, 4.69) is 41.2 Å². The Morgan fingerprint density at radius 3 is 2.69 bits per heavy atom. The molecule has 7 nitrogen and oxygen atoms in total. The highest BCUT2D eigenvalue weighted by Crippen LogP contribution is 2.19. The molecule has 1 aliphatic rings. The maximum atomic E-state index is 12.5. The summed E-state index contributed by atoms with van der Waals surface area (Å²) >= 11 is 0. The van der Waals surface area contributed by atoms with Gasteiger partial charge in [-0.2, -0.15) is 4.98 Å². The molecular weight excluding hydrogens is 330 g/mol. The number of hydrogen-bond acceptors (Lipinski definition) is 6. The molecule has 140 valence electrons. The first-order valence-corrected chi connectivity index (χ1v) is 9.11. The van der Waals surface area contributed by atoms with E-state index < -0.39 is 0 Å². The lowest BCUT2D eigenvalue weighted by atomic mass is 10.1. The van der Waals surface area contributed by atoms with Gasteiger partial charge in [0, 0.05) is 37.9 Å². The monoisotopic (exact) mass is 357 g/mol. The molecule has 3 N–H and O–H groups in total. The van der Waals surface area contributed by atoms with Crippen molar-refractivity contribution in [3.8, 4) is 0 Å². The van der Waals surface area contributed by atoms with Gasteiger partial charge in [0.25, 0.3) is 5.56 Å². The van der Waals surface area contributed by atoms with Crippen molar-refractivity contribution in [1.82, 2.24) is 14.5 Å². The first kappa shape index (κ1) is 18.4. The van der Waals surface area contributed by atoms with Crippen LogP contribution >= 0.6 is 0 Å². The van der Waals surface area contributed by atoms with E-state index in [-0.39, 0.29) is 11.5 Å². The van der Waals surface area contributed by atoms with Gasteiger partial charge >= 0.3 is 0 Å². The molecule has 26 heavy (non-hydrogen) atoms. The summed E-state index contributed by atoms with van der Waals surface area (Å²) in [5.41, 5.74) is 9.32. The van der Waals surface area contributed by atoms with E-state index in [0.29, 0.717) is 12.4 Å². The second-order valence-electron chi connectivity index (χ2n) is 6.56. The highest BCUT2D eigenvalue weighted by Gasteiger charge is 2.12. The first-order chi connectivity index (χ1) is 12.6. The molecule has 0 amide bonds. The van der Waals surface area contributed by atoms with Gasteiger partial charge in [0.1, 0.15) is 5.82 Å². The molecule has 0 spiro atoms. The van der Waals surface area contributed by atoms with Crippen molar-refractivity contribution in [2.45, 2.75) is 26.8 Å². The normalized spacial score (nSPS) is 15.2. The van der Waals surface area contributed by atoms with E-state index in [4.69, 9.17) is 10.5 Å². The van der Waals surface area contributed by atoms with Crippen LogP contribution in [-0.2, 0) is 17.7 Å². The molecule has 1 aromatic heterocycles. The van der Waals surface area contributed by atoms with Crippen molar-refractivity contribution in [3.05, 3.63) is 45.7 Å². The third-order valence-electron chi connectivity index (χ3n) is 4.78. The number of aromatic nitrogens is 2. The Balaban J connectivity index is 1.71. The number of rotatable bonds is 6. The van der Waals surface area contributed by atoms with Crippen molar-refractivity contribution < 1.29 is 4.74 Å². The predicted octanol–water partition coefficient (Wildman–Crippen LogP) is 1.77. The Labute approximate surface area is 153 Å². The topological polar surface area (TPSA) is 85.4 Å². The van der Waals surface area contributed by atoms with Gasteiger partial charge in [-0.15, -0.1) is 0 Å². The van der Waals surface area contributed by atoms with E-state index in [1.165, 1.54) is 21.8 Å². The number of hydrogen-bond donors (Lipinski definition) is 2. The fourth-order valence-corrected chi connectivity index (χ4v) is 3.16. The molecule has 7 heteroatoms. The lowest BCUT2D eigenvalue weighted by Gasteiger charge is -2.26. The average Bonchev–Trinajstić information content (AvgIpc) is 2.63. The second kappa shape index (κ2) is 8.33. The van der Waals surface area contributed by atoms with Crippen LogP contribution in [-0.4, -0.2) is 47.3 Å². The molecule has 3 rings (SSSR count). The Morgan fingerprint density at radius 1 is 1.23 bits per heavy atom. The SMILES string of the molecule is CCc1cc(Nc2cc(=O)n(CCN3CCOCC3)c(N)n2)ccc1C. The second-order valence-corrected chi connectivity index (χ2v) is 6.56. The van der Waals surface area contributed by atoms with Gasteiger partial charge in [0.15, 0.2) is 0 Å². The standard InChI is InChI=1S/C19H27N5O2/c1-3-15-12-16(5-4-14(15)2)21-17-13-18(25)24(19(20)22-17)7-6-23-8-10-26-11-9-23/h4-5,12-13,21H,3,6-11H2,1-2H3,(H2,20,22). The maximum absolute atomic E-state index is 12.5. The van der Waals surface area contributed by atoms with Crippen molar-refractivity contribution in [2.24, 2.45) is 0 Å². The summed E-state index contributed by atoms with van der Waals surface area (Å²) in [5, 5.41) is 3.19. The van der Waals surface area contributed by atoms with Crippen LogP contribution in [0, 0.1) is 6.92 Å². The van der Waals surface area contributed by atoms with E-state index in [1.807, 2.05) is 6.07 Å². The van der Waals surface area contributed by atoms with Gasteiger partial charge in [-0.05, 0) is 36.6 Å². The summed E-state index contributed by atoms with van der Waals surface area (Å²) in [7, 11) is 0. The van der Waals surface area contributed by atoms with Gasteiger partial charge in [-0.25, -0.2) is 0 Å². The fraction of sp³-hybridized carbons (Fsp3) is 0.474. The molecule has 1 aliphatic heterocycles. The third kappa shape index (κ3) is 4.42. The van der Waals surface area contributed by atoms with Crippen molar-refractivity contribution in [1.29, 1.82) is 0 Å². The molecular formula is C19H27N5O2. The fourth-order valence-electron chi connectivity index (χ4n) is 3.16. The summed E-state index contributed by atoms with van der Waals surface area (Å²) in [5.74, 6) is 0.706. The quantitative estimate of drug-likeness (QED) is 0.820. The van der Waals surface area contributed by atoms with E-state index in [0.717, 1.165) is 45.0 Å². The van der Waals surface area contributed by atoms with Crippen LogP contribution in [0.2, 0.25) is 0 Å². The maximum Gasteiger partial charge on any atom is 0.257 e. The molecule has 0 radical (unpaired) electrons. The summed E-state index contributed by atoms with van der Waals surface area (Å²) in [4.78, 5) is 19.1. The molecule has 1 saturated heterocycles. The highest BCUT2D eigenvalue weighted by molar-refractivity contribution is 5.58. The number of ether oxygens (including phenoxy) is 1. The summed E-state index contributed by atoms with van der Waals surface area (Å²) in [6.45, 7) is 8.75. The number of morpholine rings is 1.